The zero-order chi connectivity index (χ0) is 14.8. The summed E-state index contributed by atoms with van der Waals surface area (Å²) in [5.74, 6) is -0.150. The Hall–Kier alpha value is -0.700. The van der Waals surface area contributed by atoms with Crippen molar-refractivity contribution in [1.29, 1.82) is 0 Å². The summed E-state index contributed by atoms with van der Waals surface area (Å²) in [5.41, 5.74) is 0. The zero-order valence-corrected chi connectivity index (χ0v) is 11.5. The van der Waals surface area contributed by atoms with E-state index in [2.05, 4.69) is 0 Å². The lowest BCUT2D eigenvalue weighted by atomic mass is 10.3. The Morgan fingerprint density at radius 3 is 2.26 bits per heavy atom. The minimum Gasteiger partial charge on any atom is -0.492 e. The topological polar surface area (TPSA) is 69.4 Å². The van der Waals surface area contributed by atoms with Gasteiger partial charge in [0.2, 0.25) is 10.0 Å². The summed E-state index contributed by atoms with van der Waals surface area (Å²) in [4.78, 5) is -0.428. The molecule has 0 saturated heterocycles. The molecule has 108 valence electrons. The summed E-state index contributed by atoms with van der Waals surface area (Å²) < 4.78 is 62.8. The summed E-state index contributed by atoms with van der Waals surface area (Å²) in [7, 11) is -4.07. The van der Waals surface area contributed by atoms with Crippen molar-refractivity contribution < 1.29 is 26.3 Å². The summed E-state index contributed by atoms with van der Waals surface area (Å²) in [6.07, 6.45) is -5.53. The largest absolute Gasteiger partial charge is 0.492 e. The van der Waals surface area contributed by atoms with E-state index in [4.69, 9.17) is 33.1 Å². The number of hydrogen-bond acceptors (Lipinski definition) is 3. The van der Waals surface area contributed by atoms with E-state index in [9.17, 15) is 21.6 Å². The van der Waals surface area contributed by atoms with Crippen LogP contribution in [0.5, 0.6) is 5.75 Å². The average Bonchev–Trinajstić information content (AvgIpc) is 2.19. The average molecular weight is 338 g/mol. The van der Waals surface area contributed by atoms with Crippen LogP contribution in [0.1, 0.15) is 6.42 Å². The maximum atomic E-state index is 11.9. The Morgan fingerprint density at radius 1 is 1.21 bits per heavy atom. The second-order valence-corrected chi connectivity index (χ2v) is 5.82. The van der Waals surface area contributed by atoms with Gasteiger partial charge in [-0.3, -0.25) is 0 Å². The van der Waals surface area contributed by atoms with Gasteiger partial charge in [-0.15, -0.1) is 0 Å². The van der Waals surface area contributed by atoms with Gasteiger partial charge in [-0.2, -0.15) is 13.2 Å². The molecule has 2 N–H and O–H groups in total. The lowest BCUT2D eigenvalue weighted by Gasteiger charge is -2.11. The van der Waals surface area contributed by atoms with Gasteiger partial charge in [0.25, 0.3) is 0 Å². The highest BCUT2D eigenvalue weighted by molar-refractivity contribution is 7.89. The third-order valence-electron chi connectivity index (χ3n) is 1.94. The number of hydrogen-bond donors (Lipinski definition) is 1. The van der Waals surface area contributed by atoms with Crippen molar-refractivity contribution in [2.24, 2.45) is 5.14 Å². The SMILES string of the molecule is NS(=O)(=O)c1cc(Cl)c(OCCC(F)(F)F)cc1Cl. The fraction of sp³-hybridized carbons (Fsp3) is 0.333. The molecule has 0 aliphatic carbocycles. The number of sulfonamides is 1. The van der Waals surface area contributed by atoms with E-state index in [0.29, 0.717) is 0 Å². The van der Waals surface area contributed by atoms with Crippen LogP contribution in [0, 0.1) is 0 Å². The van der Waals surface area contributed by atoms with Crippen molar-refractivity contribution in [3.05, 3.63) is 22.2 Å². The molecule has 1 aromatic carbocycles. The molecule has 19 heavy (non-hydrogen) atoms. The Morgan fingerprint density at radius 2 is 1.79 bits per heavy atom. The lowest BCUT2D eigenvalue weighted by Crippen LogP contribution is -2.14. The van der Waals surface area contributed by atoms with Crippen molar-refractivity contribution in [1.82, 2.24) is 0 Å². The third kappa shape index (κ3) is 5.06. The predicted molar refractivity (Wildman–Crippen MR) is 64.0 cm³/mol. The number of halogens is 5. The Balaban J connectivity index is 2.91. The van der Waals surface area contributed by atoms with Gasteiger partial charge in [-0.25, -0.2) is 13.6 Å². The number of nitrogens with two attached hydrogens (primary N) is 1. The number of alkyl halides is 3. The van der Waals surface area contributed by atoms with Gasteiger partial charge in [0.1, 0.15) is 10.6 Å². The van der Waals surface area contributed by atoms with E-state index in [1.54, 1.807) is 0 Å². The van der Waals surface area contributed by atoms with E-state index in [0.717, 1.165) is 12.1 Å². The molecule has 0 saturated carbocycles. The molecule has 0 atom stereocenters. The van der Waals surface area contributed by atoms with Crippen LogP contribution < -0.4 is 9.88 Å². The maximum Gasteiger partial charge on any atom is 0.392 e. The summed E-state index contributed by atoms with van der Waals surface area (Å²) in [6, 6.07) is 1.92. The van der Waals surface area contributed by atoms with Gasteiger partial charge in [0.05, 0.1) is 23.1 Å². The molecular formula is C9H8Cl2F3NO3S. The van der Waals surface area contributed by atoms with Crippen molar-refractivity contribution in [3.63, 3.8) is 0 Å². The maximum absolute atomic E-state index is 11.9. The predicted octanol–water partition coefficient (Wildman–Crippen LogP) is 2.97. The molecule has 0 aromatic heterocycles. The first-order valence-electron chi connectivity index (χ1n) is 4.72. The summed E-state index contributed by atoms with van der Waals surface area (Å²) >= 11 is 11.3. The molecule has 0 radical (unpaired) electrons. The van der Waals surface area contributed by atoms with Crippen LogP contribution in [0.25, 0.3) is 0 Å². The van der Waals surface area contributed by atoms with Crippen molar-refractivity contribution in [2.45, 2.75) is 17.5 Å². The first-order chi connectivity index (χ1) is 8.50. The Bertz CT molecular complexity index is 575. The Labute approximate surface area is 117 Å². The van der Waals surface area contributed by atoms with E-state index in [1.165, 1.54) is 0 Å². The van der Waals surface area contributed by atoms with E-state index < -0.39 is 34.1 Å². The molecule has 0 spiro atoms. The molecule has 1 aromatic rings. The van der Waals surface area contributed by atoms with Crippen LogP contribution in [0.4, 0.5) is 13.2 Å². The second kappa shape index (κ2) is 5.74. The first kappa shape index (κ1) is 16.4. The minimum absolute atomic E-state index is 0.150. The minimum atomic E-state index is -4.36. The number of benzene rings is 1. The molecule has 1 rings (SSSR count). The van der Waals surface area contributed by atoms with E-state index >= 15 is 0 Å². The molecule has 0 aliphatic rings. The molecule has 10 heteroatoms. The monoisotopic (exact) mass is 337 g/mol. The molecule has 4 nitrogen and oxygen atoms in total. The van der Waals surface area contributed by atoms with Gasteiger partial charge < -0.3 is 4.74 Å². The van der Waals surface area contributed by atoms with Crippen LogP contribution in [0.3, 0.4) is 0 Å². The fourth-order valence-electron chi connectivity index (χ4n) is 1.12. The summed E-state index contributed by atoms with van der Waals surface area (Å²) in [5, 5.41) is 4.39. The van der Waals surface area contributed by atoms with Crippen LogP contribution in [-0.2, 0) is 10.0 Å². The summed E-state index contributed by atoms with van der Waals surface area (Å²) in [6.45, 7) is -0.658. The molecular weight excluding hydrogens is 330 g/mol. The van der Waals surface area contributed by atoms with Crippen molar-refractivity contribution in [2.75, 3.05) is 6.61 Å². The highest BCUT2D eigenvalue weighted by Gasteiger charge is 2.27. The lowest BCUT2D eigenvalue weighted by molar-refractivity contribution is -0.139. The fourth-order valence-corrected chi connectivity index (χ4v) is 2.49. The molecule has 0 bridgehead atoms. The second-order valence-electron chi connectivity index (χ2n) is 3.47. The third-order valence-corrected chi connectivity index (χ3v) is 3.61. The van der Waals surface area contributed by atoms with Gasteiger partial charge in [0, 0.05) is 6.07 Å². The van der Waals surface area contributed by atoms with Gasteiger partial charge in [-0.05, 0) is 6.07 Å². The van der Waals surface area contributed by atoms with E-state index in [-0.39, 0.29) is 15.8 Å². The zero-order valence-electron chi connectivity index (χ0n) is 9.17. The highest BCUT2D eigenvalue weighted by Crippen LogP contribution is 2.33. The van der Waals surface area contributed by atoms with Crippen molar-refractivity contribution in [3.8, 4) is 5.75 Å². The smallest absolute Gasteiger partial charge is 0.392 e. The van der Waals surface area contributed by atoms with Crippen molar-refractivity contribution >= 4 is 33.2 Å². The first-order valence-corrected chi connectivity index (χ1v) is 7.02. The van der Waals surface area contributed by atoms with Gasteiger partial charge in [-0.1, -0.05) is 23.2 Å². The van der Waals surface area contributed by atoms with Crippen LogP contribution in [0.2, 0.25) is 10.0 Å². The van der Waals surface area contributed by atoms with Crippen LogP contribution in [-0.4, -0.2) is 21.2 Å². The molecule has 0 amide bonds. The molecule has 0 heterocycles. The van der Waals surface area contributed by atoms with Crippen LogP contribution in [0.15, 0.2) is 17.0 Å². The number of rotatable bonds is 4. The van der Waals surface area contributed by atoms with Gasteiger partial charge >= 0.3 is 6.18 Å². The van der Waals surface area contributed by atoms with E-state index in [1.807, 2.05) is 0 Å². The van der Waals surface area contributed by atoms with Gasteiger partial charge in [0.15, 0.2) is 0 Å². The molecule has 0 unspecified atom stereocenters. The number of ether oxygens (including phenoxy) is 1. The van der Waals surface area contributed by atoms with Crippen LogP contribution >= 0.6 is 23.2 Å². The highest BCUT2D eigenvalue weighted by atomic mass is 35.5. The molecule has 0 aliphatic heterocycles. The number of primary sulfonamides is 1. The molecule has 0 fully saturated rings. The quantitative estimate of drug-likeness (QED) is 0.918. The standard InChI is InChI=1S/C9H8Cl2F3NO3S/c10-5-4-8(19(15,16)17)6(11)3-7(5)18-2-1-9(12,13)14/h3-4H,1-2H2,(H2,15,16,17). The normalized spacial score (nSPS) is 12.5. The Kier molecular flexibility index (Phi) is 4.94.